The van der Waals surface area contributed by atoms with Crippen molar-refractivity contribution >= 4 is 28.8 Å². The standard InChI is InChI=1S/C11H9ClFN3OS/c1-6-9(18-5-16-6)4-15-11(17)8-2-7(13)3-14-10(8)12/h2-3,5H,4H2,1H3,(H,15,17). The zero-order valence-electron chi connectivity index (χ0n) is 9.41. The molecule has 2 rings (SSSR count). The largest absolute Gasteiger partial charge is 0.347 e. The molecule has 18 heavy (non-hydrogen) atoms. The summed E-state index contributed by atoms with van der Waals surface area (Å²) in [6.45, 7) is 2.19. The quantitative estimate of drug-likeness (QED) is 0.882. The number of hydrogen-bond donors (Lipinski definition) is 1. The molecule has 0 aliphatic carbocycles. The number of amides is 1. The summed E-state index contributed by atoms with van der Waals surface area (Å²) in [5.74, 6) is -1.06. The van der Waals surface area contributed by atoms with Gasteiger partial charge in [-0.15, -0.1) is 11.3 Å². The highest BCUT2D eigenvalue weighted by Gasteiger charge is 2.13. The van der Waals surface area contributed by atoms with Crippen LogP contribution < -0.4 is 5.32 Å². The van der Waals surface area contributed by atoms with Gasteiger partial charge >= 0.3 is 0 Å². The van der Waals surface area contributed by atoms with Crippen molar-refractivity contribution in [3.8, 4) is 0 Å². The van der Waals surface area contributed by atoms with Crippen molar-refractivity contribution in [1.29, 1.82) is 0 Å². The number of rotatable bonds is 3. The Morgan fingerprint density at radius 2 is 2.33 bits per heavy atom. The molecule has 4 nitrogen and oxygen atoms in total. The van der Waals surface area contributed by atoms with E-state index < -0.39 is 11.7 Å². The summed E-state index contributed by atoms with van der Waals surface area (Å²) in [4.78, 5) is 20.4. The smallest absolute Gasteiger partial charge is 0.254 e. The molecular formula is C11H9ClFN3OS. The third-order valence-electron chi connectivity index (χ3n) is 2.30. The molecule has 2 aromatic heterocycles. The van der Waals surface area contributed by atoms with Crippen LogP contribution in [0.25, 0.3) is 0 Å². The van der Waals surface area contributed by atoms with Gasteiger partial charge in [-0.1, -0.05) is 11.6 Å². The average Bonchev–Trinajstić information content (AvgIpc) is 2.75. The Labute approximate surface area is 112 Å². The summed E-state index contributed by atoms with van der Waals surface area (Å²) in [6.07, 6.45) is 0.965. The van der Waals surface area contributed by atoms with Crippen molar-refractivity contribution in [1.82, 2.24) is 15.3 Å². The van der Waals surface area contributed by atoms with Gasteiger partial charge in [-0.2, -0.15) is 0 Å². The van der Waals surface area contributed by atoms with Crippen LogP contribution in [0, 0.1) is 12.7 Å². The lowest BCUT2D eigenvalue weighted by Crippen LogP contribution is -2.23. The van der Waals surface area contributed by atoms with E-state index in [2.05, 4.69) is 15.3 Å². The van der Waals surface area contributed by atoms with Crippen LogP contribution >= 0.6 is 22.9 Å². The van der Waals surface area contributed by atoms with Crippen molar-refractivity contribution in [2.24, 2.45) is 0 Å². The van der Waals surface area contributed by atoms with Crippen LogP contribution in [0.2, 0.25) is 5.15 Å². The molecular weight excluding hydrogens is 277 g/mol. The number of pyridine rings is 1. The molecule has 0 atom stereocenters. The number of aryl methyl sites for hydroxylation is 1. The summed E-state index contributed by atoms with van der Waals surface area (Å²) in [5.41, 5.74) is 2.59. The Hall–Kier alpha value is -1.53. The minimum absolute atomic E-state index is 0.0186. The fourth-order valence-electron chi connectivity index (χ4n) is 1.33. The Morgan fingerprint density at radius 3 is 3.00 bits per heavy atom. The molecule has 0 saturated carbocycles. The molecule has 0 saturated heterocycles. The van der Waals surface area contributed by atoms with Crippen LogP contribution in [0.3, 0.4) is 0 Å². The molecule has 1 amide bonds. The molecule has 0 aliphatic heterocycles. The second kappa shape index (κ2) is 5.41. The van der Waals surface area contributed by atoms with E-state index in [0.717, 1.165) is 22.8 Å². The summed E-state index contributed by atoms with van der Waals surface area (Å²) >= 11 is 7.18. The number of thiazole rings is 1. The second-order valence-corrected chi connectivity index (χ2v) is 4.83. The van der Waals surface area contributed by atoms with E-state index >= 15 is 0 Å². The molecule has 2 heterocycles. The fourth-order valence-corrected chi connectivity index (χ4v) is 2.24. The number of aromatic nitrogens is 2. The van der Waals surface area contributed by atoms with Crippen LogP contribution in [0.4, 0.5) is 4.39 Å². The van der Waals surface area contributed by atoms with Gasteiger partial charge in [-0.3, -0.25) is 4.79 Å². The number of halogens is 2. The van der Waals surface area contributed by atoms with E-state index in [1.165, 1.54) is 11.3 Å². The summed E-state index contributed by atoms with van der Waals surface area (Å²) in [5, 5.41) is 2.63. The highest BCUT2D eigenvalue weighted by Crippen LogP contribution is 2.15. The van der Waals surface area contributed by atoms with Gasteiger partial charge in [0.2, 0.25) is 0 Å². The van der Waals surface area contributed by atoms with Gasteiger partial charge in [0.1, 0.15) is 11.0 Å². The van der Waals surface area contributed by atoms with Gasteiger partial charge in [0, 0.05) is 4.88 Å². The van der Waals surface area contributed by atoms with Gasteiger partial charge in [0.25, 0.3) is 5.91 Å². The zero-order valence-corrected chi connectivity index (χ0v) is 11.0. The van der Waals surface area contributed by atoms with Gasteiger partial charge in [0.05, 0.1) is 29.5 Å². The number of carbonyl (C=O) groups is 1. The molecule has 0 unspecified atom stereocenters. The summed E-state index contributed by atoms with van der Waals surface area (Å²) < 4.78 is 13.0. The van der Waals surface area contributed by atoms with Crippen LogP contribution in [0.1, 0.15) is 20.9 Å². The lowest BCUT2D eigenvalue weighted by atomic mass is 10.2. The third kappa shape index (κ3) is 2.83. The van der Waals surface area contributed by atoms with E-state index in [9.17, 15) is 9.18 Å². The minimum atomic E-state index is -0.599. The van der Waals surface area contributed by atoms with Gasteiger partial charge in [-0.05, 0) is 13.0 Å². The summed E-state index contributed by atoms with van der Waals surface area (Å²) in [7, 11) is 0. The van der Waals surface area contributed by atoms with Crippen LogP contribution in [0.15, 0.2) is 17.8 Å². The van der Waals surface area contributed by atoms with E-state index in [4.69, 9.17) is 11.6 Å². The minimum Gasteiger partial charge on any atom is -0.347 e. The molecule has 0 spiro atoms. The number of carbonyl (C=O) groups excluding carboxylic acids is 1. The van der Waals surface area contributed by atoms with E-state index in [-0.39, 0.29) is 10.7 Å². The zero-order chi connectivity index (χ0) is 13.1. The first kappa shape index (κ1) is 12.9. The fraction of sp³-hybridized carbons (Fsp3) is 0.182. The SMILES string of the molecule is Cc1ncsc1CNC(=O)c1cc(F)cnc1Cl. The lowest BCUT2D eigenvalue weighted by molar-refractivity contribution is 0.0950. The van der Waals surface area contributed by atoms with Crippen LogP contribution in [-0.2, 0) is 6.54 Å². The van der Waals surface area contributed by atoms with Gasteiger partial charge < -0.3 is 5.32 Å². The Morgan fingerprint density at radius 1 is 1.56 bits per heavy atom. The van der Waals surface area contributed by atoms with Gasteiger partial charge in [-0.25, -0.2) is 14.4 Å². The first-order valence-electron chi connectivity index (χ1n) is 5.06. The van der Waals surface area contributed by atoms with E-state index in [0.29, 0.717) is 6.54 Å². The molecule has 1 N–H and O–H groups in total. The van der Waals surface area contributed by atoms with Crippen LogP contribution in [-0.4, -0.2) is 15.9 Å². The van der Waals surface area contributed by atoms with Gasteiger partial charge in [0.15, 0.2) is 0 Å². The normalized spacial score (nSPS) is 10.4. The number of hydrogen-bond acceptors (Lipinski definition) is 4. The maximum Gasteiger partial charge on any atom is 0.254 e. The molecule has 2 aromatic rings. The Balaban J connectivity index is 2.08. The molecule has 0 radical (unpaired) electrons. The molecule has 0 aromatic carbocycles. The maximum atomic E-state index is 13.0. The maximum absolute atomic E-state index is 13.0. The highest BCUT2D eigenvalue weighted by atomic mass is 35.5. The number of nitrogens with one attached hydrogen (secondary N) is 1. The molecule has 0 aliphatic rings. The van der Waals surface area contributed by atoms with Crippen LogP contribution in [0.5, 0.6) is 0 Å². The molecule has 7 heteroatoms. The van der Waals surface area contributed by atoms with Crippen molar-refractivity contribution in [3.05, 3.63) is 44.9 Å². The third-order valence-corrected chi connectivity index (χ3v) is 3.54. The summed E-state index contributed by atoms with van der Waals surface area (Å²) in [6, 6.07) is 1.06. The first-order chi connectivity index (χ1) is 8.58. The first-order valence-corrected chi connectivity index (χ1v) is 6.32. The van der Waals surface area contributed by atoms with E-state index in [1.54, 1.807) is 5.51 Å². The monoisotopic (exact) mass is 285 g/mol. The number of nitrogens with zero attached hydrogens (tertiary/aromatic N) is 2. The van der Waals surface area contributed by atoms with Crippen molar-refractivity contribution < 1.29 is 9.18 Å². The predicted octanol–water partition coefficient (Wildman–Crippen LogP) is 2.57. The second-order valence-electron chi connectivity index (χ2n) is 3.54. The van der Waals surface area contributed by atoms with Crippen molar-refractivity contribution in [2.75, 3.05) is 0 Å². The molecule has 0 fully saturated rings. The topological polar surface area (TPSA) is 54.9 Å². The highest BCUT2D eigenvalue weighted by molar-refractivity contribution is 7.09. The molecule has 0 bridgehead atoms. The predicted molar refractivity (Wildman–Crippen MR) is 67.2 cm³/mol. The molecule has 94 valence electrons. The van der Waals surface area contributed by atoms with Crippen molar-refractivity contribution in [3.63, 3.8) is 0 Å². The Bertz CT molecular complexity index is 587. The van der Waals surface area contributed by atoms with Crippen molar-refractivity contribution in [2.45, 2.75) is 13.5 Å². The average molecular weight is 286 g/mol. The van der Waals surface area contributed by atoms with E-state index in [1.807, 2.05) is 6.92 Å². The Kier molecular flexibility index (Phi) is 3.88. The lowest BCUT2D eigenvalue weighted by Gasteiger charge is -2.05.